The predicted octanol–water partition coefficient (Wildman–Crippen LogP) is 3.57. The number of aromatic amines is 1. The molecule has 2 aromatic rings. The zero-order chi connectivity index (χ0) is 19.4. The number of piperazine rings is 1. The molecule has 27 heavy (non-hydrogen) atoms. The highest BCUT2D eigenvalue weighted by molar-refractivity contribution is 5.83. The molecular formula is C21H29N3O3. The molecule has 146 valence electrons. The number of aromatic nitrogens is 1. The number of H-pyrrole nitrogens is 1. The Kier molecular flexibility index (Phi) is 5.73. The number of carbonyl (C=O) groups is 2. The minimum atomic E-state index is -0.494. The first-order valence-corrected chi connectivity index (χ1v) is 9.64. The Balaban J connectivity index is 1.43. The van der Waals surface area contributed by atoms with E-state index in [1.165, 1.54) is 10.9 Å². The number of para-hydroxylation sites is 1. The topological polar surface area (TPSA) is 65.6 Å². The van der Waals surface area contributed by atoms with E-state index in [-0.39, 0.29) is 12.0 Å². The first kappa shape index (κ1) is 19.3. The summed E-state index contributed by atoms with van der Waals surface area (Å²) >= 11 is 0. The van der Waals surface area contributed by atoms with Crippen molar-refractivity contribution >= 4 is 22.9 Å². The summed E-state index contributed by atoms with van der Waals surface area (Å²) in [6.07, 6.45) is 3.98. The van der Waals surface area contributed by atoms with Crippen molar-refractivity contribution < 1.29 is 14.3 Å². The van der Waals surface area contributed by atoms with Crippen molar-refractivity contribution in [3.8, 4) is 0 Å². The van der Waals surface area contributed by atoms with Crippen molar-refractivity contribution in [1.82, 2.24) is 14.8 Å². The van der Waals surface area contributed by atoms with Gasteiger partial charge >= 0.3 is 6.09 Å². The van der Waals surface area contributed by atoms with Gasteiger partial charge < -0.3 is 19.5 Å². The van der Waals surface area contributed by atoms with Crippen molar-refractivity contribution in [2.75, 3.05) is 26.2 Å². The molecular weight excluding hydrogens is 342 g/mol. The Bertz CT molecular complexity index is 798. The molecule has 0 unspecified atom stereocenters. The molecule has 1 fully saturated rings. The van der Waals surface area contributed by atoms with Gasteiger partial charge in [0.15, 0.2) is 0 Å². The molecule has 2 amide bonds. The average Bonchev–Trinajstić information content (AvgIpc) is 3.04. The Morgan fingerprint density at radius 2 is 1.74 bits per heavy atom. The third-order valence-electron chi connectivity index (χ3n) is 4.80. The van der Waals surface area contributed by atoms with Gasteiger partial charge in [0.05, 0.1) is 0 Å². The molecule has 6 heteroatoms. The van der Waals surface area contributed by atoms with Gasteiger partial charge in [0, 0.05) is 49.7 Å². The standard InChI is InChI=1S/C21H29N3O3/c1-21(2,3)27-20(26)24-13-11-23(12-14-24)19(25)10-6-7-16-15-22-18-9-5-4-8-17(16)18/h4-5,8-9,15,22H,6-7,10-14H2,1-3H3. The highest BCUT2D eigenvalue weighted by Crippen LogP contribution is 2.20. The van der Waals surface area contributed by atoms with Crippen LogP contribution in [0.15, 0.2) is 30.5 Å². The number of hydrogen-bond donors (Lipinski definition) is 1. The molecule has 2 heterocycles. The number of fused-ring (bicyclic) bond motifs is 1. The second-order valence-electron chi connectivity index (χ2n) is 8.06. The third-order valence-corrected chi connectivity index (χ3v) is 4.80. The van der Waals surface area contributed by atoms with Crippen LogP contribution in [0.5, 0.6) is 0 Å². The molecule has 3 rings (SSSR count). The van der Waals surface area contributed by atoms with Gasteiger partial charge in [-0.3, -0.25) is 4.79 Å². The number of aryl methyl sites for hydroxylation is 1. The van der Waals surface area contributed by atoms with Gasteiger partial charge in [0.2, 0.25) is 5.91 Å². The summed E-state index contributed by atoms with van der Waals surface area (Å²) in [4.78, 5) is 31.4. The molecule has 1 aliphatic heterocycles. The van der Waals surface area contributed by atoms with Gasteiger partial charge in [-0.2, -0.15) is 0 Å². The van der Waals surface area contributed by atoms with Crippen LogP contribution in [0.3, 0.4) is 0 Å². The van der Waals surface area contributed by atoms with Crippen LogP contribution < -0.4 is 0 Å². The maximum absolute atomic E-state index is 12.5. The normalized spacial score (nSPS) is 15.2. The minimum Gasteiger partial charge on any atom is -0.444 e. The van der Waals surface area contributed by atoms with E-state index in [1.54, 1.807) is 4.90 Å². The highest BCUT2D eigenvalue weighted by Gasteiger charge is 2.27. The summed E-state index contributed by atoms with van der Waals surface area (Å²) in [7, 11) is 0. The molecule has 1 aromatic carbocycles. The SMILES string of the molecule is CC(C)(C)OC(=O)N1CCN(C(=O)CCCc2c[nH]c3ccccc23)CC1. The fourth-order valence-electron chi connectivity index (χ4n) is 3.39. The second kappa shape index (κ2) is 8.03. The molecule has 1 aliphatic rings. The van der Waals surface area contributed by atoms with Crippen LogP contribution in [0.25, 0.3) is 10.9 Å². The van der Waals surface area contributed by atoms with Crippen LogP contribution in [-0.4, -0.2) is 58.6 Å². The summed E-state index contributed by atoms with van der Waals surface area (Å²) in [5.74, 6) is 0.165. The molecule has 0 atom stereocenters. The van der Waals surface area contributed by atoms with E-state index in [2.05, 4.69) is 17.1 Å². The fourth-order valence-corrected chi connectivity index (χ4v) is 3.39. The smallest absolute Gasteiger partial charge is 0.410 e. The number of amides is 2. The number of benzene rings is 1. The third kappa shape index (κ3) is 5.02. The predicted molar refractivity (Wildman–Crippen MR) is 106 cm³/mol. The Hall–Kier alpha value is -2.50. The lowest BCUT2D eigenvalue weighted by Gasteiger charge is -2.35. The molecule has 1 N–H and O–H groups in total. The van der Waals surface area contributed by atoms with E-state index >= 15 is 0 Å². The lowest BCUT2D eigenvalue weighted by Crippen LogP contribution is -2.51. The Morgan fingerprint density at radius 1 is 1.07 bits per heavy atom. The van der Waals surface area contributed by atoms with Crippen molar-refractivity contribution in [3.63, 3.8) is 0 Å². The van der Waals surface area contributed by atoms with Crippen molar-refractivity contribution in [3.05, 3.63) is 36.0 Å². The quantitative estimate of drug-likeness (QED) is 0.893. The van der Waals surface area contributed by atoms with Crippen LogP contribution in [0.2, 0.25) is 0 Å². The molecule has 1 saturated heterocycles. The van der Waals surface area contributed by atoms with Crippen molar-refractivity contribution in [2.24, 2.45) is 0 Å². The number of nitrogens with one attached hydrogen (secondary N) is 1. The lowest BCUT2D eigenvalue weighted by atomic mass is 10.1. The summed E-state index contributed by atoms with van der Waals surface area (Å²) in [6, 6.07) is 8.23. The number of hydrogen-bond acceptors (Lipinski definition) is 3. The van der Waals surface area contributed by atoms with Crippen LogP contribution in [0.1, 0.15) is 39.2 Å². The van der Waals surface area contributed by atoms with E-state index < -0.39 is 5.60 Å². The molecule has 0 aliphatic carbocycles. The molecule has 0 bridgehead atoms. The van der Waals surface area contributed by atoms with Gasteiger partial charge in [-0.25, -0.2) is 4.79 Å². The summed E-state index contributed by atoms with van der Waals surface area (Å²) in [6.45, 7) is 7.79. The van der Waals surface area contributed by atoms with Crippen LogP contribution in [-0.2, 0) is 16.0 Å². The van der Waals surface area contributed by atoms with Crippen LogP contribution in [0, 0.1) is 0 Å². The first-order valence-electron chi connectivity index (χ1n) is 9.64. The number of carbonyl (C=O) groups excluding carboxylic acids is 2. The highest BCUT2D eigenvalue weighted by atomic mass is 16.6. The number of rotatable bonds is 4. The summed E-state index contributed by atoms with van der Waals surface area (Å²) in [5, 5.41) is 1.23. The Labute approximate surface area is 160 Å². The fraction of sp³-hybridized carbons (Fsp3) is 0.524. The second-order valence-corrected chi connectivity index (χ2v) is 8.06. The summed E-state index contributed by atoms with van der Waals surface area (Å²) < 4.78 is 5.39. The van der Waals surface area contributed by atoms with Gasteiger partial charge in [-0.15, -0.1) is 0 Å². The summed E-state index contributed by atoms with van der Waals surface area (Å²) in [5.41, 5.74) is 1.90. The maximum Gasteiger partial charge on any atom is 0.410 e. The van der Waals surface area contributed by atoms with Crippen molar-refractivity contribution in [1.29, 1.82) is 0 Å². The molecule has 0 radical (unpaired) electrons. The average molecular weight is 371 g/mol. The molecule has 1 aromatic heterocycles. The van der Waals surface area contributed by atoms with Gasteiger partial charge in [-0.05, 0) is 45.2 Å². The van der Waals surface area contributed by atoms with Crippen LogP contribution in [0.4, 0.5) is 4.79 Å². The number of nitrogens with zero attached hydrogens (tertiary/aromatic N) is 2. The van der Waals surface area contributed by atoms with E-state index in [0.29, 0.717) is 32.6 Å². The molecule has 0 spiro atoms. The van der Waals surface area contributed by atoms with Gasteiger partial charge in [-0.1, -0.05) is 18.2 Å². The maximum atomic E-state index is 12.5. The number of ether oxygens (including phenoxy) is 1. The Morgan fingerprint density at radius 3 is 2.44 bits per heavy atom. The zero-order valence-electron chi connectivity index (χ0n) is 16.5. The zero-order valence-corrected chi connectivity index (χ0v) is 16.5. The van der Waals surface area contributed by atoms with E-state index in [4.69, 9.17) is 4.74 Å². The first-order chi connectivity index (χ1) is 12.8. The minimum absolute atomic E-state index is 0.165. The van der Waals surface area contributed by atoms with E-state index in [9.17, 15) is 9.59 Å². The molecule has 6 nitrogen and oxygen atoms in total. The van der Waals surface area contributed by atoms with Gasteiger partial charge in [0.25, 0.3) is 0 Å². The van der Waals surface area contributed by atoms with E-state index in [1.807, 2.05) is 44.0 Å². The van der Waals surface area contributed by atoms with E-state index in [0.717, 1.165) is 18.4 Å². The van der Waals surface area contributed by atoms with Gasteiger partial charge in [0.1, 0.15) is 5.60 Å². The molecule has 0 saturated carbocycles. The lowest BCUT2D eigenvalue weighted by molar-refractivity contribution is -0.133. The monoisotopic (exact) mass is 371 g/mol. The largest absolute Gasteiger partial charge is 0.444 e. The van der Waals surface area contributed by atoms with Crippen LogP contribution >= 0.6 is 0 Å². The van der Waals surface area contributed by atoms with Crippen molar-refractivity contribution in [2.45, 2.75) is 45.6 Å².